The third kappa shape index (κ3) is 4.72. The van der Waals surface area contributed by atoms with Gasteiger partial charge in [-0.1, -0.05) is 11.3 Å². The summed E-state index contributed by atoms with van der Waals surface area (Å²) in [5.74, 6) is -2.53. The van der Waals surface area contributed by atoms with Crippen molar-refractivity contribution in [2.45, 2.75) is 32.1 Å². The number of hydrogen-bond acceptors (Lipinski definition) is 7. The number of hydrogen-bond donors (Lipinski definition) is 3. The summed E-state index contributed by atoms with van der Waals surface area (Å²) >= 11 is 1.03. The van der Waals surface area contributed by atoms with Gasteiger partial charge in [-0.15, -0.1) is 0 Å². The molecular formula is C21H22F3N5O3S. The summed E-state index contributed by atoms with van der Waals surface area (Å²) in [6.45, 7) is 4.09. The van der Waals surface area contributed by atoms with Gasteiger partial charge >= 0.3 is 6.03 Å². The highest BCUT2D eigenvalue weighted by atomic mass is 32.1. The van der Waals surface area contributed by atoms with Gasteiger partial charge in [0.05, 0.1) is 16.3 Å². The summed E-state index contributed by atoms with van der Waals surface area (Å²) in [6, 6.07) is 2.46. The van der Waals surface area contributed by atoms with E-state index >= 15 is 0 Å². The van der Waals surface area contributed by atoms with Crippen LogP contribution in [-0.4, -0.2) is 62.9 Å². The number of nitrogens with zero attached hydrogens (tertiary/aromatic N) is 4. The van der Waals surface area contributed by atoms with Crippen molar-refractivity contribution in [1.82, 2.24) is 14.9 Å². The fraction of sp³-hybridized carbons (Fsp3) is 0.381. The van der Waals surface area contributed by atoms with E-state index in [1.165, 1.54) is 18.0 Å². The molecule has 0 saturated carbocycles. The van der Waals surface area contributed by atoms with Gasteiger partial charge in [-0.2, -0.15) is 0 Å². The molecular weight excluding hydrogens is 459 g/mol. The summed E-state index contributed by atoms with van der Waals surface area (Å²) in [4.78, 5) is 24.2. The number of rotatable bonds is 4. The smallest absolute Gasteiger partial charge is 0.323 e. The molecule has 1 aliphatic rings. The third-order valence-electron chi connectivity index (χ3n) is 5.47. The van der Waals surface area contributed by atoms with Crippen molar-refractivity contribution in [3.63, 3.8) is 0 Å². The molecule has 1 unspecified atom stereocenters. The van der Waals surface area contributed by atoms with Gasteiger partial charge < -0.3 is 20.0 Å². The van der Waals surface area contributed by atoms with E-state index in [2.05, 4.69) is 15.3 Å². The fourth-order valence-corrected chi connectivity index (χ4v) is 4.56. The number of fused-ring (bicyclic) bond motifs is 1. The molecule has 8 nitrogen and oxygen atoms in total. The Bertz CT molecular complexity index is 1150. The Morgan fingerprint density at radius 3 is 2.58 bits per heavy atom. The number of thiazole rings is 1. The summed E-state index contributed by atoms with van der Waals surface area (Å²) < 4.78 is 41.9. The average Bonchev–Trinajstić information content (AvgIpc) is 3.14. The van der Waals surface area contributed by atoms with E-state index in [0.717, 1.165) is 29.5 Å². The van der Waals surface area contributed by atoms with E-state index < -0.39 is 35.7 Å². The van der Waals surface area contributed by atoms with Crippen LogP contribution in [0.25, 0.3) is 10.2 Å². The number of aromatic nitrogens is 2. The molecule has 3 N–H and O–H groups in total. The van der Waals surface area contributed by atoms with Crippen LogP contribution in [0.4, 0.5) is 28.9 Å². The monoisotopic (exact) mass is 481 g/mol. The molecule has 12 heteroatoms. The predicted octanol–water partition coefficient (Wildman–Crippen LogP) is 3.27. The largest absolute Gasteiger partial charge is 0.390 e. The van der Waals surface area contributed by atoms with Gasteiger partial charge in [0.15, 0.2) is 28.4 Å². The summed E-state index contributed by atoms with van der Waals surface area (Å²) in [5.41, 5.74) is 0.422. The molecule has 1 fully saturated rings. The van der Waals surface area contributed by atoms with E-state index in [4.69, 9.17) is 0 Å². The minimum absolute atomic E-state index is 0.0966. The fourth-order valence-electron chi connectivity index (χ4n) is 3.70. The Kier molecular flexibility index (Phi) is 6.41. The molecule has 3 aromatic rings. The summed E-state index contributed by atoms with van der Waals surface area (Å²) in [5, 5.41) is 22.3. The van der Waals surface area contributed by atoms with Crippen LogP contribution in [0.2, 0.25) is 0 Å². The normalized spacial score (nSPS) is 18.5. The van der Waals surface area contributed by atoms with Crippen LogP contribution in [0.1, 0.15) is 25.5 Å². The molecule has 0 aliphatic carbocycles. The number of amides is 2. The maximum absolute atomic E-state index is 14.7. The van der Waals surface area contributed by atoms with Crippen LogP contribution < -0.4 is 10.2 Å². The van der Waals surface area contributed by atoms with Gasteiger partial charge in [-0.25, -0.2) is 27.9 Å². The zero-order chi connectivity index (χ0) is 23.9. The number of urea groups is 1. The molecule has 0 bridgehead atoms. The maximum atomic E-state index is 14.7. The standard InChI is InChI=1S/C21H22F3N5O3S/c1-10-9-28(21(32)27-20-26-16-6-13(22)14(23)7-17(16)33-20)3-4-29(10)19-15(24)5-12(8-25-19)18(31)11(2)30/h5-8,10-11,18,30-31H,3-4,9H2,1-2H3,(H,26,27,32)/t10?,11-,18+/m0/s1. The van der Waals surface area contributed by atoms with Crippen molar-refractivity contribution in [3.05, 3.63) is 47.4 Å². The number of carbonyl (C=O) groups excluding carboxylic acids is 1. The van der Waals surface area contributed by atoms with Gasteiger partial charge in [0, 0.05) is 43.5 Å². The van der Waals surface area contributed by atoms with Gasteiger partial charge in [-0.05, 0) is 26.0 Å². The minimum Gasteiger partial charge on any atom is -0.390 e. The molecule has 2 aromatic heterocycles. The van der Waals surface area contributed by atoms with Crippen molar-refractivity contribution in [2.75, 3.05) is 29.9 Å². The van der Waals surface area contributed by atoms with Crippen LogP contribution in [0.15, 0.2) is 24.4 Å². The van der Waals surface area contributed by atoms with Crippen molar-refractivity contribution < 1.29 is 28.2 Å². The van der Waals surface area contributed by atoms with Crippen LogP contribution in [-0.2, 0) is 0 Å². The molecule has 1 aliphatic heterocycles. The zero-order valence-electron chi connectivity index (χ0n) is 17.8. The highest BCUT2D eigenvalue weighted by Gasteiger charge is 2.30. The average molecular weight is 482 g/mol. The van der Waals surface area contributed by atoms with Crippen LogP contribution >= 0.6 is 11.3 Å². The summed E-state index contributed by atoms with van der Waals surface area (Å²) in [7, 11) is 0. The van der Waals surface area contributed by atoms with E-state index in [1.807, 2.05) is 6.92 Å². The molecule has 0 radical (unpaired) electrons. The first kappa shape index (κ1) is 23.2. The number of halogens is 3. The molecule has 2 amide bonds. The molecule has 1 aromatic carbocycles. The third-order valence-corrected chi connectivity index (χ3v) is 6.41. The first-order chi connectivity index (χ1) is 15.6. The lowest BCUT2D eigenvalue weighted by atomic mass is 10.1. The summed E-state index contributed by atoms with van der Waals surface area (Å²) in [6.07, 6.45) is -0.985. The first-order valence-electron chi connectivity index (χ1n) is 10.2. The second-order valence-corrected chi connectivity index (χ2v) is 8.96. The van der Waals surface area contributed by atoms with Gasteiger partial charge in [-0.3, -0.25) is 5.32 Å². The first-order valence-corrected chi connectivity index (χ1v) is 11.1. The Morgan fingerprint density at radius 2 is 1.91 bits per heavy atom. The number of aliphatic hydroxyl groups is 2. The molecule has 4 rings (SSSR count). The number of nitrogens with one attached hydrogen (secondary N) is 1. The SMILES string of the molecule is CC1CN(C(=O)Nc2nc3cc(F)c(F)cc3s2)CCN1c1ncc([C@H](O)[C@H](C)O)cc1F. The van der Waals surface area contributed by atoms with Crippen molar-refractivity contribution >= 4 is 38.5 Å². The second kappa shape index (κ2) is 9.12. The lowest BCUT2D eigenvalue weighted by Crippen LogP contribution is -2.55. The quantitative estimate of drug-likeness (QED) is 0.529. The Labute approximate surface area is 191 Å². The number of benzene rings is 1. The van der Waals surface area contributed by atoms with Gasteiger partial charge in [0.2, 0.25) is 0 Å². The lowest BCUT2D eigenvalue weighted by molar-refractivity contribution is 0.0301. The van der Waals surface area contributed by atoms with E-state index in [-0.39, 0.29) is 41.2 Å². The number of piperazine rings is 1. The van der Waals surface area contributed by atoms with Crippen LogP contribution in [0.3, 0.4) is 0 Å². The lowest BCUT2D eigenvalue weighted by Gasteiger charge is -2.40. The topological polar surface area (TPSA) is 102 Å². The van der Waals surface area contributed by atoms with Crippen molar-refractivity contribution in [1.29, 1.82) is 0 Å². The number of pyridine rings is 1. The zero-order valence-corrected chi connectivity index (χ0v) is 18.6. The van der Waals surface area contributed by atoms with E-state index in [1.54, 1.807) is 4.90 Å². The molecule has 33 heavy (non-hydrogen) atoms. The molecule has 176 valence electrons. The van der Waals surface area contributed by atoms with E-state index in [0.29, 0.717) is 11.2 Å². The predicted molar refractivity (Wildman–Crippen MR) is 118 cm³/mol. The minimum atomic E-state index is -1.24. The van der Waals surface area contributed by atoms with Crippen LogP contribution in [0, 0.1) is 17.5 Å². The Balaban J connectivity index is 1.42. The van der Waals surface area contributed by atoms with Crippen molar-refractivity contribution in [3.8, 4) is 0 Å². The Morgan fingerprint density at radius 1 is 1.18 bits per heavy atom. The van der Waals surface area contributed by atoms with Gasteiger partial charge in [0.1, 0.15) is 6.10 Å². The second-order valence-electron chi connectivity index (χ2n) is 7.93. The number of carbonyl (C=O) groups is 1. The van der Waals surface area contributed by atoms with Crippen molar-refractivity contribution in [2.24, 2.45) is 0 Å². The molecule has 0 spiro atoms. The number of anilines is 2. The maximum Gasteiger partial charge on any atom is 0.323 e. The molecule has 3 heterocycles. The molecule has 1 saturated heterocycles. The molecule has 3 atom stereocenters. The van der Waals surface area contributed by atoms with Crippen LogP contribution in [0.5, 0.6) is 0 Å². The Hall–Kier alpha value is -2.96. The highest BCUT2D eigenvalue weighted by Crippen LogP contribution is 2.29. The van der Waals surface area contributed by atoms with Gasteiger partial charge in [0.25, 0.3) is 0 Å². The van der Waals surface area contributed by atoms with E-state index in [9.17, 15) is 28.2 Å². The number of aliphatic hydroxyl groups excluding tert-OH is 2. The highest BCUT2D eigenvalue weighted by molar-refractivity contribution is 7.22.